The molecule has 0 saturated carbocycles. The van der Waals surface area contributed by atoms with E-state index in [1.54, 1.807) is 32.4 Å². The Bertz CT molecular complexity index is 644. The van der Waals surface area contributed by atoms with Crippen molar-refractivity contribution in [3.05, 3.63) is 23.4 Å². The summed E-state index contributed by atoms with van der Waals surface area (Å²) in [6, 6.07) is 0. The van der Waals surface area contributed by atoms with Gasteiger partial charge in [0.15, 0.2) is 5.03 Å². The lowest BCUT2D eigenvalue weighted by Gasteiger charge is -2.05. The first kappa shape index (κ1) is 12.6. The molecular weight excluding hydrogens is 254 g/mol. The molecule has 2 rings (SSSR count). The lowest BCUT2D eigenvalue weighted by molar-refractivity contribution is 0.598. The second-order valence-corrected chi connectivity index (χ2v) is 5.78. The maximum Gasteiger partial charge on any atom is 0.281 e. The highest BCUT2D eigenvalue weighted by atomic mass is 32.2. The Morgan fingerprint density at radius 3 is 2.44 bits per heavy atom. The second kappa shape index (κ2) is 4.13. The Morgan fingerprint density at radius 1 is 1.33 bits per heavy atom. The first-order valence-electron chi connectivity index (χ1n) is 5.35. The predicted molar refractivity (Wildman–Crippen MR) is 66.8 cm³/mol. The van der Waals surface area contributed by atoms with Gasteiger partial charge >= 0.3 is 0 Å². The van der Waals surface area contributed by atoms with Gasteiger partial charge in [0, 0.05) is 13.2 Å². The van der Waals surface area contributed by atoms with E-state index >= 15 is 0 Å². The van der Waals surface area contributed by atoms with Crippen LogP contribution >= 0.6 is 0 Å². The normalized spacial score (nSPS) is 11.8. The van der Waals surface area contributed by atoms with Crippen LogP contribution in [0, 0.1) is 20.8 Å². The van der Waals surface area contributed by atoms with Crippen LogP contribution in [-0.4, -0.2) is 28.2 Å². The van der Waals surface area contributed by atoms with Crippen molar-refractivity contribution in [3.8, 4) is 0 Å². The summed E-state index contributed by atoms with van der Waals surface area (Å²) >= 11 is 0. The van der Waals surface area contributed by atoms with E-state index in [1.165, 1.54) is 6.20 Å². The van der Waals surface area contributed by atoms with Crippen molar-refractivity contribution in [3.63, 3.8) is 0 Å². The van der Waals surface area contributed by atoms with E-state index < -0.39 is 10.0 Å². The van der Waals surface area contributed by atoms with Crippen molar-refractivity contribution < 1.29 is 8.42 Å². The number of aryl methyl sites for hydroxylation is 4. The van der Waals surface area contributed by atoms with Gasteiger partial charge in [0.2, 0.25) is 0 Å². The van der Waals surface area contributed by atoms with Crippen LogP contribution in [0.5, 0.6) is 0 Å². The number of sulfonamides is 1. The minimum Gasteiger partial charge on any atom is -0.337 e. The standard InChI is InChI=1S/C10H15N5O2S/c1-6-10(7(2)13-12-6)14-18(16,17)9-5-15(4)8(3)11-9/h5,14H,1-4H3,(H,12,13). The quantitative estimate of drug-likeness (QED) is 0.864. The van der Waals surface area contributed by atoms with Gasteiger partial charge in [-0.15, -0.1) is 0 Å². The summed E-state index contributed by atoms with van der Waals surface area (Å²) in [6.07, 6.45) is 1.47. The highest BCUT2D eigenvalue weighted by Gasteiger charge is 2.21. The van der Waals surface area contributed by atoms with Gasteiger partial charge < -0.3 is 4.57 Å². The molecule has 0 atom stereocenters. The third-order valence-electron chi connectivity index (χ3n) is 2.73. The van der Waals surface area contributed by atoms with Gasteiger partial charge in [-0.2, -0.15) is 13.5 Å². The van der Waals surface area contributed by atoms with Crippen LogP contribution < -0.4 is 4.72 Å². The molecular formula is C10H15N5O2S. The highest BCUT2D eigenvalue weighted by molar-refractivity contribution is 7.92. The van der Waals surface area contributed by atoms with Crippen molar-refractivity contribution in [2.75, 3.05) is 4.72 Å². The molecule has 98 valence electrons. The Labute approximate surface area is 105 Å². The molecule has 2 N–H and O–H groups in total. The third kappa shape index (κ3) is 2.10. The average Bonchev–Trinajstić information content (AvgIpc) is 2.77. The number of H-pyrrole nitrogens is 1. The molecule has 0 saturated heterocycles. The van der Waals surface area contributed by atoms with Crippen LogP contribution in [0.1, 0.15) is 17.2 Å². The summed E-state index contributed by atoms with van der Waals surface area (Å²) in [5, 5.41) is 6.67. The number of anilines is 1. The van der Waals surface area contributed by atoms with E-state index in [2.05, 4.69) is 19.9 Å². The monoisotopic (exact) mass is 269 g/mol. The first-order chi connectivity index (χ1) is 8.31. The smallest absolute Gasteiger partial charge is 0.281 e. The molecule has 18 heavy (non-hydrogen) atoms. The number of nitrogens with one attached hydrogen (secondary N) is 2. The number of hydrogen-bond donors (Lipinski definition) is 2. The van der Waals surface area contributed by atoms with Gasteiger partial charge in [-0.25, -0.2) is 4.98 Å². The van der Waals surface area contributed by atoms with Gasteiger partial charge in [-0.05, 0) is 20.8 Å². The van der Waals surface area contributed by atoms with Gasteiger partial charge in [0.05, 0.1) is 17.1 Å². The number of hydrogen-bond acceptors (Lipinski definition) is 4. The predicted octanol–water partition coefficient (Wildman–Crippen LogP) is 0.869. The average molecular weight is 269 g/mol. The number of aromatic amines is 1. The zero-order chi connectivity index (χ0) is 13.5. The topological polar surface area (TPSA) is 92.7 Å². The van der Waals surface area contributed by atoms with Crippen molar-refractivity contribution in [1.82, 2.24) is 19.7 Å². The van der Waals surface area contributed by atoms with Crippen molar-refractivity contribution >= 4 is 15.7 Å². The molecule has 0 aliphatic carbocycles. The van der Waals surface area contributed by atoms with E-state index in [-0.39, 0.29) is 5.03 Å². The molecule has 0 spiro atoms. The second-order valence-electron chi connectivity index (χ2n) is 4.15. The van der Waals surface area contributed by atoms with Crippen LogP contribution in [0.2, 0.25) is 0 Å². The van der Waals surface area contributed by atoms with Crippen LogP contribution in [-0.2, 0) is 17.1 Å². The van der Waals surface area contributed by atoms with E-state index in [9.17, 15) is 8.42 Å². The first-order valence-corrected chi connectivity index (χ1v) is 6.84. The number of imidazole rings is 1. The summed E-state index contributed by atoms with van der Waals surface area (Å²) in [7, 11) is -1.93. The molecule has 2 aromatic rings. The van der Waals surface area contributed by atoms with E-state index in [4.69, 9.17) is 0 Å². The largest absolute Gasteiger partial charge is 0.337 e. The Hall–Kier alpha value is -1.83. The van der Waals surface area contributed by atoms with Gasteiger partial charge in [-0.1, -0.05) is 0 Å². The molecule has 0 radical (unpaired) electrons. The zero-order valence-electron chi connectivity index (χ0n) is 10.6. The minimum atomic E-state index is -3.67. The summed E-state index contributed by atoms with van der Waals surface area (Å²) < 4.78 is 28.4. The van der Waals surface area contributed by atoms with Crippen molar-refractivity contribution in [2.24, 2.45) is 7.05 Å². The summed E-state index contributed by atoms with van der Waals surface area (Å²) in [6.45, 7) is 5.22. The fourth-order valence-corrected chi connectivity index (χ4v) is 2.77. The SMILES string of the molecule is Cc1n[nH]c(C)c1NS(=O)(=O)c1cn(C)c(C)n1. The summed E-state index contributed by atoms with van der Waals surface area (Å²) in [5.74, 6) is 0.635. The number of rotatable bonds is 3. The van der Waals surface area contributed by atoms with Crippen LogP contribution in [0.4, 0.5) is 5.69 Å². The van der Waals surface area contributed by atoms with Crippen LogP contribution in [0.15, 0.2) is 11.2 Å². The molecule has 0 unspecified atom stereocenters. The summed E-state index contributed by atoms with van der Waals surface area (Å²) in [5.41, 5.74) is 1.74. The molecule has 0 fully saturated rings. The summed E-state index contributed by atoms with van der Waals surface area (Å²) in [4.78, 5) is 4.00. The molecule has 0 aliphatic rings. The molecule has 0 aromatic carbocycles. The Kier molecular flexibility index (Phi) is 2.89. The third-order valence-corrected chi connectivity index (χ3v) is 3.95. The van der Waals surface area contributed by atoms with E-state index in [0.29, 0.717) is 22.9 Å². The molecule has 2 heterocycles. The van der Waals surface area contributed by atoms with Crippen LogP contribution in [0.3, 0.4) is 0 Å². The zero-order valence-corrected chi connectivity index (χ0v) is 11.5. The number of aromatic nitrogens is 4. The molecule has 0 aliphatic heterocycles. The lowest BCUT2D eigenvalue weighted by Crippen LogP contribution is -2.14. The lowest BCUT2D eigenvalue weighted by atomic mass is 10.3. The maximum atomic E-state index is 12.1. The van der Waals surface area contributed by atoms with Gasteiger partial charge in [0.25, 0.3) is 10.0 Å². The van der Waals surface area contributed by atoms with Crippen molar-refractivity contribution in [2.45, 2.75) is 25.8 Å². The number of nitrogens with zero attached hydrogens (tertiary/aromatic N) is 3. The fourth-order valence-electron chi connectivity index (χ4n) is 1.54. The Balaban J connectivity index is 2.39. The van der Waals surface area contributed by atoms with Gasteiger partial charge in [0.1, 0.15) is 5.82 Å². The minimum absolute atomic E-state index is 0.00231. The highest BCUT2D eigenvalue weighted by Crippen LogP contribution is 2.20. The Morgan fingerprint density at radius 2 is 2.00 bits per heavy atom. The molecule has 7 nitrogen and oxygen atoms in total. The van der Waals surface area contributed by atoms with Crippen molar-refractivity contribution in [1.29, 1.82) is 0 Å². The molecule has 0 amide bonds. The fraction of sp³-hybridized carbons (Fsp3) is 0.400. The maximum absolute atomic E-state index is 12.1. The van der Waals surface area contributed by atoms with E-state index in [0.717, 1.165) is 0 Å². The molecule has 2 aromatic heterocycles. The van der Waals surface area contributed by atoms with Gasteiger partial charge in [-0.3, -0.25) is 9.82 Å². The molecule has 8 heteroatoms. The molecule has 0 bridgehead atoms. The van der Waals surface area contributed by atoms with E-state index in [1.807, 2.05) is 0 Å². The van der Waals surface area contributed by atoms with Crippen LogP contribution in [0.25, 0.3) is 0 Å².